The second-order valence-electron chi connectivity index (χ2n) is 6.28. The Hall–Kier alpha value is -2.11. The van der Waals surface area contributed by atoms with Gasteiger partial charge in [-0.05, 0) is 31.1 Å². The highest BCUT2D eigenvalue weighted by Gasteiger charge is 2.40. The molecule has 0 saturated heterocycles. The van der Waals surface area contributed by atoms with E-state index >= 15 is 0 Å². The number of anilines is 1. The predicted molar refractivity (Wildman–Crippen MR) is 78.3 cm³/mol. The maximum Gasteiger partial charge on any atom is 0.339 e. The first-order valence-corrected chi connectivity index (χ1v) is 7.44. The summed E-state index contributed by atoms with van der Waals surface area (Å²) in [5.41, 5.74) is 1.63. The number of carbonyl (C=O) groups is 1. The Kier molecular flexibility index (Phi) is 2.67. The van der Waals surface area contributed by atoms with E-state index in [1.54, 1.807) is 10.9 Å². The number of nitrogens with zero attached hydrogens (tertiary/aromatic N) is 3. The molecule has 21 heavy (non-hydrogen) atoms. The Labute approximate surface area is 122 Å². The molecule has 0 amide bonds. The molecule has 3 atom stereocenters. The van der Waals surface area contributed by atoms with Gasteiger partial charge in [0.2, 0.25) is 0 Å². The second-order valence-corrected chi connectivity index (χ2v) is 6.28. The Balaban J connectivity index is 1.78. The van der Waals surface area contributed by atoms with E-state index in [0.29, 0.717) is 23.3 Å². The molecule has 2 saturated carbocycles. The summed E-state index contributed by atoms with van der Waals surface area (Å²) >= 11 is 0. The summed E-state index contributed by atoms with van der Waals surface area (Å²) < 4.78 is 1.67. The third-order valence-electron chi connectivity index (χ3n) is 5.06. The highest BCUT2D eigenvalue weighted by molar-refractivity contribution is 6.03. The van der Waals surface area contributed by atoms with Crippen molar-refractivity contribution in [1.82, 2.24) is 14.8 Å². The molecule has 6 nitrogen and oxygen atoms in total. The summed E-state index contributed by atoms with van der Waals surface area (Å²) in [5.74, 6) is 0.544. The smallest absolute Gasteiger partial charge is 0.339 e. The van der Waals surface area contributed by atoms with Crippen molar-refractivity contribution in [2.75, 3.05) is 5.32 Å². The fourth-order valence-corrected chi connectivity index (χ4v) is 4.02. The maximum atomic E-state index is 11.5. The molecule has 110 valence electrons. The molecular weight excluding hydrogens is 268 g/mol. The number of hydrogen-bond acceptors (Lipinski definition) is 4. The summed E-state index contributed by atoms with van der Waals surface area (Å²) in [6.07, 6.45) is 8.14. The first-order valence-electron chi connectivity index (χ1n) is 7.44. The summed E-state index contributed by atoms with van der Waals surface area (Å²) in [6, 6.07) is 0.382. The van der Waals surface area contributed by atoms with Crippen LogP contribution in [0.15, 0.2) is 12.4 Å². The first kappa shape index (κ1) is 12.6. The van der Waals surface area contributed by atoms with Gasteiger partial charge >= 0.3 is 5.97 Å². The van der Waals surface area contributed by atoms with Gasteiger partial charge in [-0.15, -0.1) is 0 Å². The summed E-state index contributed by atoms with van der Waals surface area (Å²) in [7, 11) is 1.82. The van der Waals surface area contributed by atoms with E-state index < -0.39 is 5.97 Å². The fourth-order valence-electron chi connectivity index (χ4n) is 4.02. The van der Waals surface area contributed by atoms with E-state index in [0.717, 1.165) is 17.7 Å². The molecular formula is C15H18N4O2. The zero-order valence-corrected chi connectivity index (χ0v) is 11.9. The van der Waals surface area contributed by atoms with Crippen LogP contribution in [0.25, 0.3) is 11.0 Å². The number of pyridine rings is 1. The van der Waals surface area contributed by atoms with Gasteiger partial charge in [0.15, 0.2) is 5.65 Å². The fraction of sp³-hybridized carbons (Fsp3) is 0.533. The van der Waals surface area contributed by atoms with Crippen LogP contribution in [0.4, 0.5) is 5.69 Å². The maximum absolute atomic E-state index is 11.5. The minimum Gasteiger partial charge on any atom is -0.478 e. The molecule has 0 spiro atoms. The molecule has 2 aliphatic rings. The highest BCUT2D eigenvalue weighted by Crippen LogP contribution is 2.46. The van der Waals surface area contributed by atoms with Crippen molar-refractivity contribution in [2.45, 2.75) is 31.7 Å². The largest absolute Gasteiger partial charge is 0.478 e. The molecule has 2 bridgehead atoms. The van der Waals surface area contributed by atoms with Gasteiger partial charge in [0.05, 0.1) is 17.3 Å². The molecule has 2 heterocycles. The SMILES string of the molecule is Cn1ncc2c(NC3CC4CCC3C4)c(C(=O)O)cnc21. The van der Waals surface area contributed by atoms with Crippen molar-refractivity contribution in [3.8, 4) is 0 Å². The molecule has 2 aromatic heterocycles. The van der Waals surface area contributed by atoms with Crippen LogP contribution >= 0.6 is 0 Å². The Morgan fingerprint density at radius 2 is 2.24 bits per heavy atom. The lowest BCUT2D eigenvalue weighted by molar-refractivity contribution is 0.0697. The Morgan fingerprint density at radius 3 is 2.90 bits per heavy atom. The highest BCUT2D eigenvalue weighted by atomic mass is 16.4. The van der Waals surface area contributed by atoms with Crippen molar-refractivity contribution >= 4 is 22.7 Å². The van der Waals surface area contributed by atoms with Crippen molar-refractivity contribution in [3.63, 3.8) is 0 Å². The molecule has 0 aliphatic heterocycles. The molecule has 2 aromatic rings. The summed E-state index contributed by atoms with van der Waals surface area (Å²) in [5, 5.41) is 17.9. The van der Waals surface area contributed by atoms with Gasteiger partial charge in [0, 0.05) is 19.3 Å². The van der Waals surface area contributed by atoms with Gasteiger partial charge in [0.1, 0.15) is 5.56 Å². The molecule has 0 aromatic carbocycles. The molecule has 6 heteroatoms. The average molecular weight is 286 g/mol. The predicted octanol–water partition coefficient (Wildman–Crippen LogP) is 2.27. The van der Waals surface area contributed by atoms with Gasteiger partial charge < -0.3 is 10.4 Å². The van der Waals surface area contributed by atoms with Gasteiger partial charge in [-0.3, -0.25) is 4.68 Å². The van der Waals surface area contributed by atoms with Gasteiger partial charge in [-0.1, -0.05) is 6.42 Å². The third kappa shape index (κ3) is 1.89. The number of aromatic nitrogens is 3. The zero-order valence-electron chi connectivity index (χ0n) is 11.9. The van der Waals surface area contributed by atoms with E-state index in [2.05, 4.69) is 15.4 Å². The van der Waals surface area contributed by atoms with E-state index in [1.807, 2.05) is 7.05 Å². The molecule has 3 unspecified atom stereocenters. The van der Waals surface area contributed by atoms with E-state index in [9.17, 15) is 9.90 Å². The first-order chi connectivity index (χ1) is 10.1. The van der Waals surface area contributed by atoms with E-state index in [4.69, 9.17) is 0 Å². The monoisotopic (exact) mass is 286 g/mol. The molecule has 4 rings (SSSR count). The Morgan fingerprint density at radius 1 is 1.38 bits per heavy atom. The van der Waals surface area contributed by atoms with Crippen LogP contribution in [0.2, 0.25) is 0 Å². The number of nitrogens with one attached hydrogen (secondary N) is 1. The van der Waals surface area contributed by atoms with Crippen LogP contribution in [0, 0.1) is 11.8 Å². The van der Waals surface area contributed by atoms with Crippen LogP contribution in [-0.4, -0.2) is 31.9 Å². The van der Waals surface area contributed by atoms with Crippen LogP contribution in [-0.2, 0) is 7.05 Å². The van der Waals surface area contributed by atoms with Crippen LogP contribution in [0.1, 0.15) is 36.0 Å². The lowest BCUT2D eigenvalue weighted by Crippen LogP contribution is -2.27. The minimum absolute atomic E-state index is 0.235. The average Bonchev–Trinajstić information content (AvgIpc) is 3.15. The number of aromatic carboxylic acids is 1. The molecule has 0 radical (unpaired) electrons. The number of hydrogen-bond donors (Lipinski definition) is 2. The summed E-state index contributed by atoms with van der Waals surface area (Å²) in [6.45, 7) is 0. The number of carboxylic acid groups (broad SMARTS) is 1. The molecule has 2 fully saturated rings. The zero-order chi connectivity index (χ0) is 14.6. The number of rotatable bonds is 3. The van der Waals surface area contributed by atoms with Crippen molar-refractivity contribution < 1.29 is 9.90 Å². The van der Waals surface area contributed by atoms with E-state index in [1.165, 1.54) is 25.5 Å². The van der Waals surface area contributed by atoms with Gasteiger partial charge in [-0.25, -0.2) is 9.78 Å². The number of carboxylic acids is 1. The lowest BCUT2D eigenvalue weighted by atomic mass is 9.95. The van der Waals surface area contributed by atoms with Crippen molar-refractivity contribution in [2.24, 2.45) is 18.9 Å². The molecule has 2 aliphatic carbocycles. The van der Waals surface area contributed by atoms with E-state index in [-0.39, 0.29) is 5.56 Å². The lowest BCUT2D eigenvalue weighted by Gasteiger charge is -2.25. The number of aryl methyl sites for hydroxylation is 1. The van der Waals surface area contributed by atoms with Crippen molar-refractivity contribution in [1.29, 1.82) is 0 Å². The van der Waals surface area contributed by atoms with Gasteiger partial charge in [0.25, 0.3) is 0 Å². The van der Waals surface area contributed by atoms with Crippen LogP contribution in [0.5, 0.6) is 0 Å². The minimum atomic E-state index is -0.945. The summed E-state index contributed by atoms with van der Waals surface area (Å²) in [4.78, 5) is 15.7. The molecule has 2 N–H and O–H groups in total. The van der Waals surface area contributed by atoms with Crippen molar-refractivity contribution in [3.05, 3.63) is 18.0 Å². The van der Waals surface area contributed by atoms with Crippen LogP contribution < -0.4 is 5.32 Å². The topological polar surface area (TPSA) is 80.0 Å². The van der Waals surface area contributed by atoms with Crippen LogP contribution in [0.3, 0.4) is 0 Å². The van der Waals surface area contributed by atoms with Gasteiger partial charge in [-0.2, -0.15) is 5.10 Å². The third-order valence-corrected chi connectivity index (χ3v) is 5.06. The standard InChI is InChI=1S/C15H18N4O2/c1-19-14-10(7-17-19)13(11(6-16-14)15(20)21)18-12-5-8-2-3-9(12)4-8/h6-9,12H,2-5H2,1H3,(H,16,18)(H,20,21). The number of fused-ring (bicyclic) bond motifs is 3. The normalized spacial score (nSPS) is 27.4. The second kappa shape index (κ2) is 4.44. The quantitative estimate of drug-likeness (QED) is 0.904. The Bertz CT molecular complexity index is 724.